The molecule has 10 heteroatoms. The highest BCUT2D eigenvalue weighted by Gasteiger charge is 2.20. The fraction of sp³-hybridized carbons (Fsp3) is 0.381. The molecule has 0 saturated carbocycles. The molecular formula is C21H23N5O4S. The average Bonchev–Trinajstić information content (AvgIpc) is 3.32. The van der Waals surface area contributed by atoms with Crippen LogP contribution in [0.3, 0.4) is 0 Å². The minimum atomic E-state index is -0.486. The van der Waals surface area contributed by atoms with Gasteiger partial charge in [0, 0.05) is 32.8 Å². The lowest BCUT2D eigenvalue weighted by Gasteiger charge is -2.13. The molecule has 1 amide bonds. The van der Waals surface area contributed by atoms with Crippen molar-refractivity contribution < 1.29 is 9.53 Å². The van der Waals surface area contributed by atoms with E-state index in [1.165, 1.54) is 11.6 Å². The van der Waals surface area contributed by atoms with Gasteiger partial charge < -0.3 is 10.1 Å². The van der Waals surface area contributed by atoms with Gasteiger partial charge in [-0.1, -0.05) is 42.1 Å². The van der Waals surface area contributed by atoms with E-state index in [4.69, 9.17) is 4.74 Å². The van der Waals surface area contributed by atoms with Crippen LogP contribution in [0.25, 0.3) is 22.4 Å². The van der Waals surface area contributed by atoms with Gasteiger partial charge in [0.1, 0.15) is 10.4 Å². The van der Waals surface area contributed by atoms with E-state index in [0.717, 1.165) is 41.3 Å². The number of rotatable bonds is 6. The number of hydrogen-bond acceptors (Lipinski definition) is 7. The van der Waals surface area contributed by atoms with Gasteiger partial charge in [0.15, 0.2) is 11.5 Å². The highest BCUT2D eigenvalue weighted by molar-refractivity contribution is 8.00. The molecule has 0 spiro atoms. The third-order valence-corrected chi connectivity index (χ3v) is 6.17. The molecule has 31 heavy (non-hydrogen) atoms. The molecule has 0 bridgehead atoms. The number of ether oxygens (including phenoxy) is 1. The first-order chi connectivity index (χ1) is 15.0. The number of amides is 1. The third kappa shape index (κ3) is 4.40. The van der Waals surface area contributed by atoms with E-state index in [-0.39, 0.29) is 28.8 Å². The van der Waals surface area contributed by atoms with Crippen molar-refractivity contribution in [3.8, 4) is 11.4 Å². The molecule has 3 heterocycles. The van der Waals surface area contributed by atoms with Crippen LogP contribution in [-0.4, -0.2) is 50.0 Å². The number of fused-ring (bicyclic) bond motifs is 1. The van der Waals surface area contributed by atoms with Crippen molar-refractivity contribution in [3.63, 3.8) is 0 Å². The summed E-state index contributed by atoms with van der Waals surface area (Å²) in [5.41, 5.74) is 0.0341. The van der Waals surface area contributed by atoms with Gasteiger partial charge in [-0.3, -0.25) is 18.7 Å². The molecule has 1 aliphatic rings. The van der Waals surface area contributed by atoms with Crippen molar-refractivity contribution in [2.24, 2.45) is 14.1 Å². The smallest absolute Gasteiger partial charge is 0.332 e. The maximum atomic E-state index is 12.9. The second-order valence-electron chi connectivity index (χ2n) is 7.35. The predicted octanol–water partition coefficient (Wildman–Crippen LogP) is 1.08. The van der Waals surface area contributed by atoms with Crippen LogP contribution in [0.2, 0.25) is 0 Å². The van der Waals surface area contributed by atoms with Gasteiger partial charge in [0.2, 0.25) is 5.91 Å². The number of carbonyl (C=O) groups excluding carboxylic acids is 1. The van der Waals surface area contributed by atoms with Gasteiger partial charge in [-0.2, -0.15) is 0 Å². The number of nitrogens with zero attached hydrogens (tertiary/aromatic N) is 4. The SMILES string of the molecule is Cn1c(=O)c2c(SCC(=O)NC[C@H]3CCCO3)nc(-c3ccccc3)nc2n(C)c1=O. The van der Waals surface area contributed by atoms with Crippen molar-refractivity contribution in [2.75, 3.05) is 18.9 Å². The van der Waals surface area contributed by atoms with E-state index >= 15 is 0 Å². The molecule has 1 atom stereocenters. The molecule has 162 valence electrons. The van der Waals surface area contributed by atoms with E-state index in [9.17, 15) is 14.4 Å². The largest absolute Gasteiger partial charge is 0.376 e. The quantitative estimate of drug-likeness (QED) is 0.450. The lowest BCUT2D eigenvalue weighted by atomic mass is 10.2. The molecule has 1 saturated heterocycles. The fourth-order valence-corrected chi connectivity index (χ4v) is 4.31. The van der Waals surface area contributed by atoms with Gasteiger partial charge in [-0.15, -0.1) is 0 Å². The van der Waals surface area contributed by atoms with Crippen LogP contribution in [0.4, 0.5) is 0 Å². The molecule has 9 nitrogen and oxygen atoms in total. The Morgan fingerprint density at radius 1 is 1.19 bits per heavy atom. The Bertz CT molecular complexity index is 1230. The van der Waals surface area contributed by atoms with Gasteiger partial charge in [-0.05, 0) is 12.8 Å². The van der Waals surface area contributed by atoms with Crippen LogP contribution in [0.15, 0.2) is 44.9 Å². The molecule has 1 aliphatic heterocycles. The summed E-state index contributed by atoms with van der Waals surface area (Å²) in [7, 11) is 2.98. The average molecular weight is 442 g/mol. The Labute approximate surface area is 182 Å². The van der Waals surface area contributed by atoms with Crippen molar-refractivity contribution in [1.82, 2.24) is 24.4 Å². The first-order valence-corrected chi connectivity index (χ1v) is 11.0. The number of benzene rings is 1. The number of nitrogens with one attached hydrogen (secondary N) is 1. The summed E-state index contributed by atoms with van der Waals surface area (Å²) in [4.78, 5) is 46.7. The summed E-state index contributed by atoms with van der Waals surface area (Å²) >= 11 is 1.15. The second-order valence-corrected chi connectivity index (χ2v) is 8.31. The number of aromatic nitrogens is 4. The third-order valence-electron chi connectivity index (χ3n) is 5.19. The summed E-state index contributed by atoms with van der Waals surface area (Å²) in [6, 6.07) is 9.30. The molecule has 1 aromatic carbocycles. The molecule has 0 radical (unpaired) electrons. The van der Waals surface area contributed by atoms with E-state index in [0.29, 0.717) is 17.4 Å². The monoisotopic (exact) mass is 441 g/mol. The Morgan fingerprint density at radius 3 is 2.68 bits per heavy atom. The molecule has 1 fully saturated rings. The minimum Gasteiger partial charge on any atom is -0.376 e. The van der Waals surface area contributed by atoms with Crippen LogP contribution in [0.1, 0.15) is 12.8 Å². The molecule has 3 aromatic rings. The zero-order valence-corrected chi connectivity index (χ0v) is 18.1. The summed E-state index contributed by atoms with van der Waals surface area (Å²) < 4.78 is 7.87. The Hall–Kier alpha value is -2.98. The van der Waals surface area contributed by atoms with Crippen molar-refractivity contribution in [1.29, 1.82) is 0 Å². The summed E-state index contributed by atoms with van der Waals surface area (Å²) in [5.74, 6) is 0.299. The summed E-state index contributed by atoms with van der Waals surface area (Å²) in [6.07, 6.45) is 2.00. The van der Waals surface area contributed by atoms with E-state index in [1.807, 2.05) is 30.3 Å². The maximum Gasteiger partial charge on any atom is 0.332 e. The molecular weight excluding hydrogens is 418 g/mol. The van der Waals surface area contributed by atoms with E-state index in [1.54, 1.807) is 7.05 Å². The van der Waals surface area contributed by atoms with Crippen LogP contribution in [-0.2, 0) is 23.6 Å². The van der Waals surface area contributed by atoms with Crippen LogP contribution in [0.5, 0.6) is 0 Å². The Balaban J connectivity index is 1.69. The van der Waals surface area contributed by atoms with Gasteiger partial charge in [0.25, 0.3) is 5.56 Å². The van der Waals surface area contributed by atoms with E-state index in [2.05, 4.69) is 15.3 Å². The first kappa shape index (κ1) is 21.3. The fourth-order valence-electron chi connectivity index (χ4n) is 3.47. The highest BCUT2D eigenvalue weighted by atomic mass is 32.2. The lowest BCUT2D eigenvalue weighted by molar-refractivity contribution is -0.119. The second kappa shape index (κ2) is 9.03. The zero-order valence-electron chi connectivity index (χ0n) is 17.3. The predicted molar refractivity (Wildman–Crippen MR) is 118 cm³/mol. The maximum absolute atomic E-state index is 12.9. The molecule has 0 unspecified atom stereocenters. The molecule has 1 N–H and O–H groups in total. The van der Waals surface area contributed by atoms with Gasteiger partial charge in [-0.25, -0.2) is 14.8 Å². The van der Waals surface area contributed by atoms with E-state index < -0.39 is 11.2 Å². The number of aryl methyl sites for hydroxylation is 1. The number of thioether (sulfide) groups is 1. The summed E-state index contributed by atoms with van der Waals surface area (Å²) in [6.45, 7) is 1.20. The normalized spacial score (nSPS) is 16.0. The standard InChI is InChI=1S/C21H23N5O4S/c1-25-18-16(20(28)26(2)21(25)29)19(24-17(23-18)13-7-4-3-5-8-13)31-12-15(27)22-11-14-9-6-10-30-14/h3-5,7-8,14H,6,9-12H2,1-2H3,(H,22,27)/t14-/m1/s1. The minimum absolute atomic E-state index is 0.0559. The van der Waals surface area contributed by atoms with Crippen LogP contribution < -0.4 is 16.6 Å². The Kier molecular flexibility index (Phi) is 6.19. The van der Waals surface area contributed by atoms with Crippen molar-refractivity contribution in [2.45, 2.75) is 24.0 Å². The van der Waals surface area contributed by atoms with Gasteiger partial charge >= 0.3 is 5.69 Å². The van der Waals surface area contributed by atoms with Crippen LogP contribution in [0, 0.1) is 0 Å². The van der Waals surface area contributed by atoms with Crippen molar-refractivity contribution in [3.05, 3.63) is 51.2 Å². The topological polar surface area (TPSA) is 108 Å². The highest BCUT2D eigenvalue weighted by Crippen LogP contribution is 2.25. The van der Waals surface area contributed by atoms with Crippen LogP contribution >= 0.6 is 11.8 Å². The Morgan fingerprint density at radius 2 is 1.97 bits per heavy atom. The molecule has 4 rings (SSSR count). The lowest BCUT2D eigenvalue weighted by Crippen LogP contribution is -2.38. The first-order valence-electron chi connectivity index (χ1n) is 10.00. The summed E-state index contributed by atoms with van der Waals surface area (Å²) in [5, 5.41) is 3.46. The van der Waals surface area contributed by atoms with Crippen molar-refractivity contribution >= 4 is 28.7 Å². The number of hydrogen-bond donors (Lipinski definition) is 1. The molecule has 0 aliphatic carbocycles. The molecule has 2 aromatic heterocycles. The number of carbonyl (C=O) groups is 1. The zero-order chi connectivity index (χ0) is 22.0. The van der Waals surface area contributed by atoms with Gasteiger partial charge in [0.05, 0.1) is 11.9 Å².